The third-order valence-electron chi connectivity index (χ3n) is 14.0. The Morgan fingerprint density at radius 1 is 0.418 bits per heavy atom. The molecule has 0 bridgehead atoms. The van der Waals surface area contributed by atoms with Gasteiger partial charge in [-0.25, -0.2) is 0 Å². The van der Waals surface area contributed by atoms with Gasteiger partial charge in [-0.3, -0.25) is 9.59 Å². The number of allylic oxidation sites excluding steroid dienone is 4. The molecule has 0 aromatic carbocycles. The van der Waals surface area contributed by atoms with Gasteiger partial charge in [0.2, 0.25) is 5.91 Å². The molecule has 0 saturated heterocycles. The molecule has 3 atom stereocenters. The summed E-state index contributed by atoms with van der Waals surface area (Å²) in [5, 5.41) is 23.9. The van der Waals surface area contributed by atoms with Crippen molar-refractivity contribution in [1.29, 1.82) is 0 Å². The summed E-state index contributed by atoms with van der Waals surface area (Å²) in [4.78, 5) is 26.3. The summed E-state index contributed by atoms with van der Waals surface area (Å²) < 4.78 is 5.96. The first-order chi connectivity index (χ1) is 33.0. The van der Waals surface area contributed by atoms with Gasteiger partial charge in [0, 0.05) is 6.42 Å². The lowest BCUT2D eigenvalue weighted by Crippen LogP contribution is -2.46. The summed E-state index contributed by atoms with van der Waals surface area (Å²) in [5.41, 5.74) is 0. The van der Waals surface area contributed by atoms with E-state index in [-0.39, 0.29) is 24.9 Å². The smallest absolute Gasteiger partial charge is 0.306 e. The lowest BCUT2D eigenvalue weighted by atomic mass is 10.0. The van der Waals surface area contributed by atoms with E-state index in [1.165, 1.54) is 218 Å². The first-order valence-electron chi connectivity index (χ1n) is 30.1. The van der Waals surface area contributed by atoms with Gasteiger partial charge in [0.15, 0.2) is 0 Å². The highest BCUT2D eigenvalue weighted by Crippen LogP contribution is 2.18. The van der Waals surface area contributed by atoms with Gasteiger partial charge in [-0.2, -0.15) is 0 Å². The molecule has 0 aliphatic carbocycles. The first kappa shape index (κ1) is 65.3. The van der Waals surface area contributed by atoms with Crippen LogP contribution in [0.2, 0.25) is 0 Å². The summed E-state index contributed by atoms with van der Waals surface area (Å²) >= 11 is 0. The maximum absolute atomic E-state index is 13.3. The van der Waals surface area contributed by atoms with E-state index >= 15 is 0 Å². The van der Waals surface area contributed by atoms with Crippen molar-refractivity contribution in [2.24, 2.45) is 0 Å². The third kappa shape index (κ3) is 50.5. The fraction of sp³-hybridized carbons (Fsp3) is 0.902. The number of hydrogen-bond donors (Lipinski definition) is 3. The number of ether oxygens (including phenoxy) is 1. The maximum Gasteiger partial charge on any atom is 0.306 e. The van der Waals surface area contributed by atoms with E-state index in [2.05, 4.69) is 50.4 Å². The van der Waals surface area contributed by atoms with E-state index in [0.29, 0.717) is 19.3 Å². The largest absolute Gasteiger partial charge is 0.462 e. The quantitative estimate of drug-likeness (QED) is 0.0321. The number of aliphatic hydroxyl groups excluding tert-OH is 2. The number of hydrogen-bond acceptors (Lipinski definition) is 5. The van der Waals surface area contributed by atoms with E-state index in [0.717, 1.165) is 64.2 Å². The van der Waals surface area contributed by atoms with Crippen LogP contribution in [0.1, 0.15) is 329 Å². The van der Waals surface area contributed by atoms with Crippen molar-refractivity contribution in [2.45, 2.75) is 347 Å². The van der Waals surface area contributed by atoms with Crippen molar-refractivity contribution < 1.29 is 24.5 Å². The molecular formula is C61H117NO5. The molecule has 396 valence electrons. The highest BCUT2D eigenvalue weighted by Gasteiger charge is 2.24. The number of esters is 1. The molecule has 1 amide bonds. The van der Waals surface area contributed by atoms with Crippen molar-refractivity contribution in [3.63, 3.8) is 0 Å². The van der Waals surface area contributed by atoms with Gasteiger partial charge in [0.05, 0.1) is 25.2 Å². The molecule has 0 aromatic rings. The molecule has 0 spiro atoms. The second-order valence-electron chi connectivity index (χ2n) is 20.7. The van der Waals surface area contributed by atoms with Crippen LogP contribution in [0.25, 0.3) is 0 Å². The number of amides is 1. The van der Waals surface area contributed by atoms with Crippen LogP contribution >= 0.6 is 0 Å². The Morgan fingerprint density at radius 3 is 1.07 bits per heavy atom. The summed E-state index contributed by atoms with van der Waals surface area (Å²) in [6, 6.07) is -0.705. The lowest BCUT2D eigenvalue weighted by Gasteiger charge is -2.24. The molecule has 0 radical (unpaired) electrons. The van der Waals surface area contributed by atoms with Gasteiger partial charge in [0.25, 0.3) is 0 Å². The number of rotatable bonds is 55. The molecule has 3 N–H and O–H groups in total. The zero-order chi connectivity index (χ0) is 48.8. The Morgan fingerprint density at radius 2 is 0.716 bits per heavy atom. The predicted octanol–water partition coefficient (Wildman–Crippen LogP) is 18.6. The van der Waals surface area contributed by atoms with Gasteiger partial charge in [-0.05, 0) is 77.0 Å². The Balaban J connectivity index is 4.55. The van der Waals surface area contributed by atoms with Crippen molar-refractivity contribution in [1.82, 2.24) is 5.32 Å². The van der Waals surface area contributed by atoms with E-state index in [9.17, 15) is 19.8 Å². The van der Waals surface area contributed by atoms with Gasteiger partial charge in [0.1, 0.15) is 6.10 Å². The maximum atomic E-state index is 13.3. The normalized spacial score (nSPS) is 13.2. The Bertz CT molecular complexity index is 1060. The first-order valence-corrected chi connectivity index (χ1v) is 30.1. The molecule has 0 aliphatic rings. The number of nitrogens with one attached hydrogen (secondary N) is 1. The second kappa shape index (κ2) is 55.3. The van der Waals surface area contributed by atoms with E-state index in [4.69, 9.17) is 4.74 Å². The Labute approximate surface area is 418 Å². The van der Waals surface area contributed by atoms with E-state index in [1.54, 1.807) is 0 Å². The lowest BCUT2D eigenvalue weighted by molar-refractivity contribution is -0.151. The monoisotopic (exact) mass is 944 g/mol. The SMILES string of the molecule is CCCCCCCCCCC/C=C/CCCCCCCC(=O)OC(CCCCC/C=C/CCCCCCCCCCC)CC(=O)NC(CO)C(O)CCCCCCCCCCCCCCCC. The number of aliphatic hydroxyl groups is 2. The Kier molecular flexibility index (Phi) is 53.9. The highest BCUT2D eigenvalue weighted by molar-refractivity contribution is 5.77. The fourth-order valence-corrected chi connectivity index (χ4v) is 9.42. The van der Waals surface area contributed by atoms with Crippen LogP contribution in [0.3, 0.4) is 0 Å². The average molecular weight is 945 g/mol. The van der Waals surface area contributed by atoms with Crippen molar-refractivity contribution in [2.75, 3.05) is 6.61 Å². The minimum atomic E-state index is -0.791. The molecule has 0 heterocycles. The van der Waals surface area contributed by atoms with E-state index in [1.807, 2.05) is 0 Å². The van der Waals surface area contributed by atoms with Crippen molar-refractivity contribution in [3.05, 3.63) is 24.3 Å². The van der Waals surface area contributed by atoms with Crippen LogP contribution in [0.4, 0.5) is 0 Å². The minimum Gasteiger partial charge on any atom is -0.462 e. The summed E-state index contributed by atoms with van der Waals surface area (Å²) in [5.74, 6) is -0.480. The van der Waals surface area contributed by atoms with Gasteiger partial charge < -0.3 is 20.3 Å². The second-order valence-corrected chi connectivity index (χ2v) is 20.7. The van der Waals surface area contributed by atoms with Crippen LogP contribution in [-0.2, 0) is 14.3 Å². The minimum absolute atomic E-state index is 0.0686. The number of carbonyl (C=O) groups excluding carboxylic acids is 2. The summed E-state index contributed by atoms with van der Waals surface area (Å²) in [6.07, 6.45) is 65.3. The zero-order valence-corrected chi connectivity index (χ0v) is 45.3. The molecule has 6 heteroatoms. The highest BCUT2D eigenvalue weighted by atomic mass is 16.5. The molecule has 6 nitrogen and oxygen atoms in total. The third-order valence-corrected chi connectivity index (χ3v) is 14.0. The van der Waals surface area contributed by atoms with Crippen LogP contribution in [0.15, 0.2) is 24.3 Å². The summed E-state index contributed by atoms with van der Waals surface area (Å²) in [7, 11) is 0. The molecule has 0 fully saturated rings. The molecular weight excluding hydrogens is 827 g/mol. The fourth-order valence-electron chi connectivity index (χ4n) is 9.42. The molecule has 3 unspecified atom stereocenters. The van der Waals surface area contributed by atoms with Gasteiger partial charge in [-0.1, -0.05) is 263 Å². The number of unbranched alkanes of at least 4 members (excludes halogenated alkanes) is 39. The molecule has 67 heavy (non-hydrogen) atoms. The van der Waals surface area contributed by atoms with E-state index < -0.39 is 18.2 Å². The molecule has 0 rings (SSSR count). The topological polar surface area (TPSA) is 95.9 Å². The molecule has 0 saturated carbocycles. The van der Waals surface area contributed by atoms with Gasteiger partial charge in [-0.15, -0.1) is 0 Å². The van der Waals surface area contributed by atoms with Crippen LogP contribution in [-0.4, -0.2) is 46.9 Å². The van der Waals surface area contributed by atoms with Crippen LogP contribution < -0.4 is 5.32 Å². The van der Waals surface area contributed by atoms with Crippen LogP contribution in [0.5, 0.6) is 0 Å². The Hall–Kier alpha value is -1.66. The number of carbonyl (C=O) groups is 2. The molecule has 0 aliphatic heterocycles. The van der Waals surface area contributed by atoms with Crippen LogP contribution in [0, 0.1) is 0 Å². The van der Waals surface area contributed by atoms with Crippen molar-refractivity contribution >= 4 is 11.9 Å². The standard InChI is InChI=1S/C61H117NO5/c1-4-7-10-13-16-19-22-25-28-30-31-33-36-39-42-45-48-51-54-61(66)67-57(52-49-46-43-40-37-34-32-29-26-23-20-17-14-11-8-5-2)55-60(65)62-58(56-63)59(64)53-50-47-44-41-38-35-27-24-21-18-15-12-9-6-3/h31,33-34,37,57-59,63-64H,4-30,32,35-36,38-56H2,1-3H3,(H,62,65)/b33-31+,37-34+. The predicted molar refractivity (Wildman–Crippen MR) is 292 cm³/mol. The molecule has 0 aromatic heterocycles. The van der Waals surface area contributed by atoms with Crippen molar-refractivity contribution in [3.8, 4) is 0 Å². The van der Waals surface area contributed by atoms with Gasteiger partial charge >= 0.3 is 5.97 Å². The zero-order valence-electron chi connectivity index (χ0n) is 45.3. The summed E-state index contributed by atoms with van der Waals surface area (Å²) in [6.45, 7) is 6.52. The average Bonchev–Trinajstić information content (AvgIpc) is 3.32.